The SMILES string of the molecule is CCCNC(=O)C(Cc1ccccc1)N(Cc1ccccc1)C(=O)CSCc1ccccc1Cl. The Morgan fingerprint density at radius 1 is 0.912 bits per heavy atom. The molecule has 6 heteroatoms. The third kappa shape index (κ3) is 7.93. The zero-order valence-corrected chi connectivity index (χ0v) is 21.0. The maximum atomic E-state index is 13.5. The van der Waals surface area contributed by atoms with Crippen molar-refractivity contribution in [1.29, 1.82) is 0 Å². The number of halogens is 1. The molecule has 0 heterocycles. The van der Waals surface area contributed by atoms with E-state index >= 15 is 0 Å². The molecule has 178 valence electrons. The highest BCUT2D eigenvalue weighted by molar-refractivity contribution is 7.99. The standard InChI is InChI=1S/C28H31ClN2O2S/c1-2-17-30-28(33)26(18-22-11-5-3-6-12-22)31(19-23-13-7-4-8-14-23)27(32)21-34-20-24-15-9-10-16-25(24)29/h3-16,26H,2,17-21H2,1H3,(H,30,33). The van der Waals surface area contributed by atoms with Crippen molar-refractivity contribution in [3.8, 4) is 0 Å². The summed E-state index contributed by atoms with van der Waals surface area (Å²) in [6.07, 6.45) is 1.30. The number of carbonyl (C=O) groups is 2. The third-order valence-corrected chi connectivity index (χ3v) is 6.79. The molecular weight excluding hydrogens is 464 g/mol. The van der Waals surface area contributed by atoms with Gasteiger partial charge in [0.05, 0.1) is 5.75 Å². The topological polar surface area (TPSA) is 49.4 Å². The number of nitrogens with zero attached hydrogens (tertiary/aromatic N) is 1. The Morgan fingerprint density at radius 3 is 2.18 bits per heavy atom. The Hall–Kier alpha value is -2.76. The minimum Gasteiger partial charge on any atom is -0.354 e. The summed E-state index contributed by atoms with van der Waals surface area (Å²) in [5, 5.41) is 3.70. The predicted octanol–water partition coefficient (Wildman–Crippen LogP) is 5.74. The molecule has 0 aliphatic heterocycles. The normalized spacial score (nSPS) is 11.6. The van der Waals surface area contributed by atoms with E-state index in [2.05, 4.69) is 5.32 Å². The second kappa shape index (κ2) is 13.8. The summed E-state index contributed by atoms with van der Waals surface area (Å²) in [5.41, 5.74) is 3.01. The van der Waals surface area contributed by atoms with E-state index in [4.69, 9.17) is 11.6 Å². The van der Waals surface area contributed by atoms with Crippen LogP contribution in [0.1, 0.15) is 30.0 Å². The molecule has 0 aliphatic rings. The van der Waals surface area contributed by atoms with Crippen LogP contribution in [0.25, 0.3) is 0 Å². The molecule has 3 aromatic rings. The highest BCUT2D eigenvalue weighted by Gasteiger charge is 2.30. The minimum absolute atomic E-state index is 0.0616. The number of hydrogen-bond acceptors (Lipinski definition) is 3. The van der Waals surface area contributed by atoms with Gasteiger partial charge in [-0.1, -0.05) is 97.4 Å². The summed E-state index contributed by atoms with van der Waals surface area (Å²) in [4.78, 5) is 28.5. The van der Waals surface area contributed by atoms with Crippen LogP contribution in [0.4, 0.5) is 0 Å². The van der Waals surface area contributed by atoms with Gasteiger partial charge in [-0.25, -0.2) is 0 Å². The number of benzene rings is 3. The van der Waals surface area contributed by atoms with Gasteiger partial charge in [-0.2, -0.15) is 0 Å². The van der Waals surface area contributed by atoms with Gasteiger partial charge >= 0.3 is 0 Å². The van der Waals surface area contributed by atoms with E-state index < -0.39 is 6.04 Å². The lowest BCUT2D eigenvalue weighted by molar-refractivity contribution is -0.139. The molecule has 0 aromatic heterocycles. The van der Waals surface area contributed by atoms with E-state index in [-0.39, 0.29) is 17.6 Å². The zero-order chi connectivity index (χ0) is 24.2. The summed E-state index contributed by atoms with van der Waals surface area (Å²) in [6, 6.07) is 26.8. The lowest BCUT2D eigenvalue weighted by atomic mass is 10.0. The van der Waals surface area contributed by atoms with Crippen molar-refractivity contribution in [2.24, 2.45) is 0 Å². The lowest BCUT2D eigenvalue weighted by Gasteiger charge is -2.31. The minimum atomic E-state index is -0.595. The first kappa shape index (κ1) is 25.9. The first-order valence-corrected chi connectivity index (χ1v) is 13.1. The molecule has 0 fully saturated rings. The lowest BCUT2D eigenvalue weighted by Crippen LogP contribution is -2.51. The smallest absolute Gasteiger partial charge is 0.243 e. The van der Waals surface area contributed by atoms with E-state index in [1.54, 1.807) is 4.90 Å². The Labute approximate surface area is 211 Å². The first-order valence-electron chi connectivity index (χ1n) is 11.5. The third-order valence-electron chi connectivity index (χ3n) is 5.46. The molecule has 3 aromatic carbocycles. The molecule has 0 aliphatic carbocycles. The maximum Gasteiger partial charge on any atom is 0.243 e. The van der Waals surface area contributed by atoms with Crippen molar-refractivity contribution < 1.29 is 9.59 Å². The average Bonchev–Trinajstić information content (AvgIpc) is 2.87. The molecule has 1 N–H and O–H groups in total. The number of carbonyl (C=O) groups excluding carboxylic acids is 2. The second-order valence-corrected chi connectivity index (χ2v) is 9.48. The van der Waals surface area contributed by atoms with Crippen molar-refractivity contribution in [3.63, 3.8) is 0 Å². The van der Waals surface area contributed by atoms with Crippen LogP contribution in [0.2, 0.25) is 5.02 Å². The highest BCUT2D eigenvalue weighted by Crippen LogP contribution is 2.22. The van der Waals surface area contributed by atoms with E-state index in [9.17, 15) is 9.59 Å². The maximum absolute atomic E-state index is 13.5. The fourth-order valence-corrected chi connectivity index (χ4v) is 4.84. The molecule has 4 nitrogen and oxygen atoms in total. The van der Waals surface area contributed by atoms with Crippen LogP contribution in [0.15, 0.2) is 84.9 Å². The Bertz CT molecular complexity index is 1050. The van der Waals surface area contributed by atoms with Crippen molar-refractivity contribution in [1.82, 2.24) is 10.2 Å². The summed E-state index contributed by atoms with van der Waals surface area (Å²) in [5.74, 6) is 0.722. The molecular formula is C28H31ClN2O2S. The fourth-order valence-electron chi connectivity index (χ4n) is 3.65. The van der Waals surface area contributed by atoms with Crippen LogP contribution in [0.3, 0.4) is 0 Å². The summed E-state index contributed by atoms with van der Waals surface area (Å²) in [6.45, 7) is 2.98. The number of rotatable bonds is 12. The van der Waals surface area contributed by atoms with Crippen molar-refractivity contribution in [2.75, 3.05) is 12.3 Å². The van der Waals surface area contributed by atoms with E-state index in [1.807, 2.05) is 91.9 Å². The Kier molecular flexibility index (Phi) is 10.5. The van der Waals surface area contributed by atoms with Gasteiger partial charge < -0.3 is 10.2 Å². The number of amides is 2. The molecule has 0 saturated carbocycles. The summed E-state index contributed by atoms with van der Waals surface area (Å²) in [7, 11) is 0. The van der Waals surface area contributed by atoms with Gasteiger partial charge in [-0.05, 0) is 29.2 Å². The van der Waals surface area contributed by atoms with Gasteiger partial charge in [0.15, 0.2) is 0 Å². The molecule has 0 radical (unpaired) electrons. The molecule has 0 spiro atoms. The quantitative estimate of drug-likeness (QED) is 0.349. The molecule has 0 saturated heterocycles. The summed E-state index contributed by atoms with van der Waals surface area (Å²) < 4.78 is 0. The van der Waals surface area contributed by atoms with Gasteiger partial charge in [0, 0.05) is 30.3 Å². The predicted molar refractivity (Wildman–Crippen MR) is 142 cm³/mol. The first-order chi connectivity index (χ1) is 16.6. The molecule has 1 atom stereocenters. The largest absolute Gasteiger partial charge is 0.354 e. The van der Waals surface area contributed by atoms with Gasteiger partial charge in [-0.3, -0.25) is 9.59 Å². The van der Waals surface area contributed by atoms with Crippen molar-refractivity contribution in [3.05, 3.63) is 107 Å². The summed E-state index contributed by atoms with van der Waals surface area (Å²) >= 11 is 7.79. The van der Waals surface area contributed by atoms with Crippen LogP contribution >= 0.6 is 23.4 Å². The average molecular weight is 495 g/mol. The highest BCUT2D eigenvalue weighted by atomic mass is 35.5. The van der Waals surface area contributed by atoms with E-state index in [1.165, 1.54) is 11.8 Å². The van der Waals surface area contributed by atoms with Gasteiger partial charge in [0.25, 0.3) is 0 Å². The second-order valence-electron chi connectivity index (χ2n) is 8.09. The Morgan fingerprint density at radius 2 is 1.53 bits per heavy atom. The van der Waals surface area contributed by atoms with E-state index in [0.717, 1.165) is 23.1 Å². The zero-order valence-electron chi connectivity index (χ0n) is 19.5. The van der Waals surface area contributed by atoms with Crippen molar-refractivity contribution >= 4 is 35.2 Å². The van der Waals surface area contributed by atoms with Crippen LogP contribution in [-0.2, 0) is 28.3 Å². The number of nitrogens with one attached hydrogen (secondary N) is 1. The number of hydrogen-bond donors (Lipinski definition) is 1. The molecule has 2 amide bonds. The molecule has 34 heavy (non-hydrogen) atoms. The van der Waals surface area contributed by atoms with E-state index in [0.29, 0.717) is 30.3 Å². The van der Waals surface area contributed by atoms with Crippen LogP contribution in [0, 0.1) is 0 Å². The van der Waals surface area contributed by atoms with Crippen LogP contribution in [0.5, 0.6) is 0 Å². The molecule has 1 unspecified atom stereocenters. The fraction of sp³-hybridized carbons (Fsp3) is 0.286. The molecule has 0 bridgehead atoms. The molecule has 3 rings (SSSR count). The van der Waals surface area contributed by atoms with Crippen LogP contribution in [-0.4, -0.2) is 35.1 Å². The monoisotopic (exact) mass is 494 g/mol. The van der Waals surface area contributed by atoms with Gasteiger partial charge in [0.1, 0.15) is 6.04 Å². The number of thioether (sulfide) groups is 1. The van der Waals surface area contributed by atoms with Crippen molar-refractivity contribution in [2.45, 2.75) is 38.1 Å². The van der Waals surface area contributed by atoms with Gasteiger partial charge in [-0.15, -0.1) is 11.8 Å². The van der Waals surface area contributed by atoms with Gasteiger partial charge in [0.2, 0.25) is 11.8 Å². The van der Waals surface area contributed by atoms with Crippen LogP contribution < -0.4 is 5.32 Å². The Balaban J connectivity index is 1.81.